The third kappa shape index (κ3) is 5.89. The zero-order chi connectivity index (χ0) is 13.2. The molecule has 0 saturated carbocycles. The number of nitrogens with one attached hydrogen (secondary N) is 1. The monoisotopic (exact) mass is 287 g/mol. The molecule has 0 radical (unpaired) electrons. The SMILES string of the molecule is CSCCCCCCNCc1ccsc1C(=O)O. The van der Waals surface area contributed by atoms with Crippen LogP contribution in [0, 0.1) is 0 Å². The molecule has 0 aliphatic rings. The topological polar surface area (TPSA) is 49.3 Å². The highest BCUT2D eigenvalue weighted by molar-refractivity contribution is 7.98. The largest absolute Gasteiger partial charge is 0.477 e. The van der Waals surface area contributed by atoms with E-state index in [4.69, 9.17) is 5.11 Å². The molecule has 0 spiro atoms. The Kier molecular flexibility index (Phi) is 8.13. The molecule has 2 N–H and O–H groups in total. The molecule has 1 rings (SSSR count). The van der Waals surface area contributed by atoms with Crippen molar-refractivity contribution in [2.45, 2.75) is 32.2 Å². The number of hydrogen-bond acceptors (Lipinski definition) is 4. The van der Waals surface area contributed by atoms with Gasteiger partial charge in [0.1, 0.15) is 4.88 Å². The number of thiophene rings is 1. The molecule has 0 atom stereocenters. The molecule has 0 amide bonds. The zero-order valence-corrected chi connectivity index (χ0v) is 12.4. The van der Waals surface area contributed by atoms with Crippen molar-refractivity contribution >= 4 is 29.1 Å². The quantitative estimate of drug-likeness (QED) is 0.647. The summed E-state index contributed by atoms with van der Waals surface area (Å²) >= 11 is 3.20. The molecule has 1 aromatic heterocycles. The summed E-state index contributed by atoms with van der Waals surface area (Å²) in [6.07, 6.45) is 7.16. The van der Waals surface area contributed by atoms with Crippen LogP contribution in [0.5, 0.6) is 0 Å². The van der Waals surface area contributed by atoms with Crippen LogP contribution < -0.4 is 5.32 Å². The average molecular weight is 287 g/mol. The van der Waals surface area contributed by atoms with E-state index in [1.807, 2.05) is 23.2 Å². The van der Waals surface area contributed by atoms with Crippen molar-refractivity contribution < 1.29 is 9.90 Å². The summed E-state index contributed by atoms with van der Waals surface area (Å²) in [5, 5.41) is 14.1. The van der Waals surface area contributed by atoms with E-state index in [2.05, 4.69) is 11.6 Å². The third-order valence-corrected chi connectivity index (χ3v) is 4.35. The van der Waals surface area contributed by atoms with Crippen molar-refractivity contribution in [3.05, 3.63) is 21.9 Å². The van der Waals surface area contributed by atoms with Gasteiger partial charge in [-0.3, -0.25) is 0 Å². The zero-order valence-electron chi connectivity index (χ0n) is 10.8. The Morgan fingerprint density at radius 3 is 2.89 bits per heavy atom. The Morgan fingerprint density at radius 2 is 2.17 bits per heavy atom. The molecule has 0 bridgehead atoms. The lowest BCUT2D eigenvalue weighted by molar-refractivity contribution is 0.0701. The van der Waals surface area contributed by atoms with Gasteiger partial charge in [0.15, 0.2) is 0 Å². The Bertz CT molecular complexity index is 353. The second-order valence-corrected chi connectivity index (χ2v) is 6.07. The second kappa shape index (κ2) is 9.42. The number of rotatable bonds is 10. The summed E-state index contributed by atoms with van der Waals surface area (Å²) in [7, 11) is 0. The van der Waals surface area contributed by atoms with E-state index in [-0.39, 0.29) is 0 Å². The predicted octanol–water partition coefficient (Wildman–Crippen LogP) is 3.46. The molecule has 102 valence electrons. The first-order chi connectivity index (χ1) is 8.75. The van der Waals surface area contributed by atoms with Crippen molar-refractivity contribution in [2.75, 3.05) is 18.6 Å². The lowest BCUT2D eigenvalue weighted by Crippen LogP contribution is -2.15. The van der Waals surface area contributed by atoms with E-state index >= 15 is 0 Å². The molecule has 0 fully saturated rings. The molecule has 1 heterocycles. The van der Waals surface area contributed by atoms with Crippen LogP contribution in [0.4, 0.5) is 0 Å². The molecule has 0 aliphatic carbocycles. The molecule has 0 saturated heterocycles. The lowest BCUT2D eigenvalue weighted by atomic mass is 10.2. The van der Waals surface area contributed by atoms with Crippen LogP contribution in [0.1, 0.15) is 40.9 Å². The van der Waals surface area contributed by atoms with E-state index < -0.39 is 5.97 Å². The maximum absolute atomic E-state index is 10.9. The van der Waals surface area contributed by atoms with Crippen LogP contribution in [0.15, 0.2) is 11.4 Å². The molecule has 0 unspecified atom stereocenters. The fraction of sp³-hybridized carbons (Fsp3) is 0.615. The maximum atomic E-state index is 10.9. The Hall–Kier alpha value is -0.520. The van der Waals surface area contributed by atoms with Gasteiger partial charge in [0, 0.05) is 6.54 Å². The van der Waals surface area contributed by atoms with Gasteiger partial charge in [-0.15, -0.1) is 11.3 Å². The highest BCUT2D eigenvalue weighted by Gasteiger charge is 2.10. The summed E-state index contributed by atoms with van der Waals surface area (Å²) in [5.41, 5.74) is 0.898. The molecular formula is C13H21NO2S2. The molecular weight excluding hydrogens is 266 g/mol. The van der Waals surface area contributed by atoms with Crippen LogP contribution in [-0.2, 0) is 6.54 Å². The molecule has 18 heavy (non-hydrogen) atoms. The maximum Gasteiger partial charge on any atom is 0.346 e. The lowest BCUT2D eigenvalue weighted by Gasteiger charge is -2.04. The fourth-order valence-electron chi connectivity index (χ4n) is 1.74. The van der Waals surface area contributed by atoms with Crippen LogP contribution in [-0.4, -0.2) is 29.6 Å². The Labute approximate surface area is 117 Å². The van der Waals surface area contributed by atoms with Gasteiger partial charge >= 0.3 is 5.97 Å². The first kappa shape index (κ1) is 15.5. The fourth-order valence-corrected chi connectivity index (χ4v) is 2.99. The minimum atomic E-state index is -0.820. The minimum Gasteiger partial charge on any atom is -0.477 e. The van der Waals surface area contributed by atoms with E-state index in [0.717, 1.165) is 12.1 Å². The number of carboxylic acid groups (broad SMARTS) is 1. The van der Waals surface area contributed by atoms with E-state index in [1.165, 1.54) is 42.8 Å². The molecule has 3 nitrogen and oxygen atoms in total. The average Bonchev–Trinajstić information content (AvgIpc) is 2.81. The van der Waals surface area contributed by atoms with Crippen molar-refractivity contribution in [1.82, 2.24) is 5.32 Å². The van der Waals surface area contributed by atoms with E-state index in [1.54, 1.807) is 0 Å². The molecule has 0 aromatic carbocycles. The van der Waals surface area contributed by atoms with Gasteiger partial charge in [-0.1, -0.05) is 12.8 Å². The van der Waals surface area contributed by atoms with Gasteiger partial charge in [-0.25, -0.2) is 4.79 Å². The highest BCUT2D eigenvalue weighted by Crippen LogP contribution is 2.16. The number of thioether (sulfide) groups is 1. The molecule has 1 aromatic rings. The molecule has 5 heteroatoms. The first-order valence-electron chi connectivity index (χ1n) is 6.25. The normalized spacial score (nSPS) is 10.7. The summed E-state index contributed by atoms with van der Waals surface area (Å²) < 4.78 is 0. The van der Waals surface area contributed by atoms with Gasteiger partial charge in [0.25, 0.3) is 0 Å². The van der Waals surface area contributed by atoms with Gasteiger partial charge in [-0.2, -0.15) is 11.8 Å². The summed E-state index contributed by atoms with van der Waals surface area (Å²) in [6.45, 7) is 1.63. The summed E-state index contributed by atoms with van der Waals surface area (Å²) in [4.78, 5) is 11.4. The standard InChI is InChI=1S/C13H21NO2S2/c1-17-8-5-3-2-4-7-14-10-11-6-9-18-12(11)13(15)16/h6,9,14H,2-5,7-8,10H2,1H3,(H,15,16). The van der Waals surface area contributed by atoms with Gasteiger partial charge in [-0.05, 0) is 48.4 Å². The van der Waals surface area contributed by atoms with Gasteiger partial charge < -0.3 is 10.4 Å². The van der Waals surface area contributed by atoms with E-state index in [0.29, 0.717) is 11.4 Å². The number of carboxylic acids is 1. The van der Waals surface area contributed by atoms with Crippen LogP contribution in [0.3, 0.4) is 0 Å². The Morgan fingerprint density at radius 1 is 1.39 bits per heavy atom. The summed E-state index contributed by atoms with van der Waals surface area (Å²) in [5.74, 6) is 0.434. The van der Waals surface area contributed by atoms with Crippen molar-refractivity contribution in [3.8, 4) is 0 Å². The van der Waals surface area contributed by atoms with Gasteiger partial charge in [0.2, 0.25) is 0 Å². The Balaban J connectivity index is 2.07. The van der Waals surface area contributed by atoms with Crippen LogP contribution in [0.2, 0.25) is 0 Å². The van der Waals surface area contributed by atoms with Gasteiger partial charge in [0.05, 0.1) is 0 Å². The minimum absolute atomic E-state index is 0.461. The third-order valence-electron chi connectivity index (χ3n) is 2.71. The highest BCUT2D eigenvalue weighted by atomic mass is 32.2. The van der Waals surface area contributed by atoms with E-state index in [9.17, 15) is 4.79 Å². The van der Waals surface area contributed by atoms with Crippen molar-refractivity contribution in [2.24, 2.45) is 0 Å². The second-order valence-electron chi connectivity index (χ2n) is 4.16. The number of hydrogen-bond donors (Lipinski definition) is 2. The first-order valence-corrected chi connectivity index (χ1v) is 8.52. The van der Waals surface area contributed by atoms with Crippen molar-refractivity contribution in [1.29, 1.82) is 0 Å². The summed E-state index contributed by atoms with van der Waals surface area (Å²) in [6, 6.07) is 1.89. The molecule has 0 aliphatic heterocycles. The van der Waals surface area contributed by atoms with Crippen LogP contribution in [0.25, 0.3) is 0 Å². The van der Waals surface area contributed by atoms with Crippen LogP contribution >= 0.6 is 23.1 Å². The smallest absolute Gasteiger partial charge is 0.346 e. The number of aromatic carboxylic acids is 1. The van der Waals surface area contributed by atoms with Crippen molar-refractivity contribution in [3.63, 3.8) is 0 Å². The number of unbranched alkanes of at least 4 members (excludes halogenated alkanes) is 3. The number of carbonyl (C=O) groups is 1. The predicted molar refractivity (Wildman–Crippen MR) is 79.8 cm³/mol.